The van der Waals surface area contributed by atoms with Gasteiger partial charge in [0, 0.05) is 6.20 Å². The Hall–Kier alpha value is -1.58. The molecule has 0 spiro atoms. The maximum absolute atomic E-state index is 4.58. The van der Waals surface area contributed by atoms with Gasteiger partial charge in [-0.25, -0.2) is 0 Å². The predicted octanol–water partition coefficient (Wildman–Crippen LogP) is 0.865. The van der Waals surface area contributed by atoms with E-state index in [0.29, 0.717) is 0 Å². The molecular weight excluding hydrogens is 130 g/mol. The number of nitrogens with one attached hydrogen (secondary N) is 1. The summed E-state index contributed by atoms with van der Waals surface area (Å²) >= 11 is 0. The third-order valence-electron chi connectivity index (χ3n) is 1.17. The van der Waals surface area contributed by atoms with Crippen LogP contribution in [0.15, 0.2) is 23.0 Å². The average Bonchev–Trinajstić information content (AvgIpc) is 2.59. The minimum atomic E-state index is 0.765. The zero-order valence-electron chi connectivity index (χ0n) is 5.03. The lowest BCUT2D eigenvalue weighted by atomic mass is 10.3. The van der Waals surface area contributed by atoms with Crippen LogP contribution in [0.3, 0.4) is 0 Å². The van der Waals surface area contributed by atoms with Crippen molar-refractivity contribution >= 4 is 0 Å². The molecule has 0 aromatic carbocycles. The molecule has 2 heterocycles. The van der Waals surface area contributed by atoms with Gasteiger partial charge in [0.15, 0.2) is 0 Å². The van der Waals surface area contributed by atoms with E-state index in [9.17, 15) is 0 Å². The lowest BCUT2D eigenvalue weighted by Gasteiger charge is -1.79. The summed E-state index contributed by atoms with van der Waals surface area (Å²) in [6.45, 7) is 0. The molecule has 0 fully saturated rings. The number of aromatic nitrogens is 3. The fourth-order valence-electron chi connectivity index (χ4n) is 0.709. The minimum Gasteiger partial charge on any atom is -0.363 e. The first kappa shape index (κ1) is 5.22. The zero-order valence-corrected chi connectivity index (χ0v) is 5.03. The van der Waals surface area contributed by atoms with Gasteiger partial charge < -0.3 is 4.52 Å². The van der Waals surface area contributed by atoms with E-state index in [1.807, 2.05) is 6.07 Å². The van der Waals surface area contributed by atoms with Crippen molar-refractivity contribution < 1.29 is 4.52 Å². The van der Waals surface area contributed by atoms with E-state index in [1.54, 1.807) is 6.20 Å². The molecule has 49 valence electrons. The van der Waals surface area contributed by atoms with Gasteiger partial charge in [-0.15, -0.1) is 0 Å². The van der Waals surface area contributed by atoms with E-state index >= 15 is 0 Å². The van der Waals surface area contributed by atoms with Crippen LogP contribution in [0, 0.1) is 6.20 Å². The molecule has 0 unspecified atom stereocenters. The van der Waals surface area contributed by atoms with Crippen molar-refractivity contribution in [2.24, 2.45) is 0 Å². The van der Waals surface area contributed by atoms with E-state index < -0.39 is 0 Å². The number of rotatable bonds is 1. The maximum Gasteiger partial charge on any atom is 0.145 e. The maximum atomic E-state index is 4.58. The van der Waals surface area contributed by atoms with E-state index in [1.165, 1.54) is 6.26 Å². The van der Waals surface area contributed by atoms with Crippen LogP contribution in [-0.4, -0.2) is 15.4 Å². The van der Waals surface area contributed by atoms with Gasteiger partial charge in [-0.3, -0.25) is 5.10 Å². The van der Waals surface area contributed by atoms with Gasteiger partial charge in [0.05, 0.1) is 11.3 Å². The van der Waals surface area contributed by atoms with Crippen molar-refractivity contribution in [2.45, 2.75) is 0 Å². The Morgan fingerprint density at radius 2 is 2.60 bits per heavy atom. The molecular formula is C6H4N3O. The molecule has 1 radical (unpaired) electrons. The summed E-state index contributed by atoms with van der Waals surface area (Å²) in [7, 11) is 0. The SMILES string of the molecule is [c]1nocc1-c1cc[nH]n1. The van der Waals surface area contributed by atoms with Crippen LogP contribution < -0.4 is 0 Å². The van der Waals surface area contributed by atoms with E-state index in [2.05, 4.69) is 26.1 Å². The first-order valence-electron chi connectivity index (χ1n) is 2.79. The van der Waals surface area contributed by atoms with Crippen molar-refractivity contribution in [1.82, 2.24) is 15.4 Å². The minimum absolute atomic E-state index is 0.765. The number of H-pyrrole nitrogens is 1. The van der Waals surface area contributed by atoms with Gasteiger partial charge in [-0.2, -0.15) is 5.10 Å². The molecule has 10 heavy (non-hydrogen) atoms. The zero-order chi connectivity index (χ0) is 6.81. The molecule has 0 aliphatic heterocycles. The number of hydrogen-bond donors (Lipinski definition) is 1. The fraction of sp³-hybridized carbons (Fsp3) is 0. The lowest BCUT2D eigenvalue weighted by Crippen LogP contribution is -1.71. The molecule has 4 heteroatoms. The summed E-state index contributed by atoms with van der Waals surface area (Å²) in [5.74, 6) is 0. The van der Waals surface area contributed by atoms with Crippen LogP contribution in [0.5, 0.6) is 0 Å². The smallest absolute Gasteiger partial charge is 0.145 e. The third kappa shape index (κ3) is 0.699. The number of hydrogen-bond acceptors (Lipinski definition) is 3. The molecule has 0 bridgehead atoms. The van der Waals surface area contributed by atoms with Crippen molar-refractivity contribution in [2.75, 3.05) is 0 Å². The van der Waals surface area contributed by atoms with Gasteiger partial charge in [-0.1, -0.05) is 5.16 Å². The average molecular weight is 134 g/mol. The second-order valence-corrected chi connectivity index (χ2v) is 1.80. The topological polar surface area (TPSA) is 54.7 Å². The highest BCUT2D eigenvalue weighted by Crippen LogP contribution is 2.12. The van der Waals surface area contributed by atoms with Gasteiger partial charge in [-0.05, 0) is 6.07 Å². The van der Waals surface area contributed by atoms with Crippen molar-refractivity contribution in [3.63, 3.8) is 0 Å². The summed E-state index contributed by atoms with van der Waals surface area (Å²) in [4.78, 5) is 0. The quantitative estimate of drug-likeness (QED) is 0.629. The van der Waals surface area contributed by atoms with Gasteiger partial charge >= 0.3 is 0 Å². The lowest BCUT2D eigenvalue weighted by molar-refractivity contribution is 0.418. The standard InChI is InChI=1S/C6H4N3O/c1-2-7-9-6(1)5-3-8-10-4-5/h1-2,4H,(H,7,9). The molecule has 0 aliphatic rings. The van der Waals surface area contributed by atoms with Crippen LogP contribution in [-0.2, 0) is 0 Å². The molecule has 2 aromatic heterocycles. The Morgan fingerprint density at radius 1 is 1.60 bits per heavy atom. The third-order valence-corrected chi connectivity index (χ3v) is 1.17. The Morgan fingerprint density at radius 3 is 3.20 bits per heavy atom. The largest absolute Gasteiger partial charge is 0.363 e. The highest BCUT2D eigenvalue weighted by atomic mass is 16.5. The second-order valence-electron chi connectivity index (χ2n) is 1.80. The van der Waals surface area contributed by atoms with Crippen molar-refractivity contribution in [3.05, 3.63) is 24.7 Å². The van der Waals surface area contributed by atoms with Crippen LogP contribution in [0.1, 0.15) is 0 Å². The van der Waals surface area contributed by atoms with Crippen LogP contribution in [0.25, 0.3) is 11.3 Å². The van der Waals surface area contributed by atoms with Gasteiger partial charge in [0.1, 0.15) is 12.5 Å². The second kappa shape index (κ2) is 1.98. The Bertz CT molecular complexity index is 252. The summed E-state index contributed by atoms with van der Waals surface area (Å²) in [6, 6.07) is 1.82. The normalized spacial score (nSPS) is 10.0. The van der Waals surface area contributed by atoms with Crippen molar-refractivity contribution in [3.8, 4) is 11.3 Å². The summed E-state index contributed by atoms with van der Waals surface area (Å²) in [5.41, 5.74) is 1.56. The first-order chi connectivity index (χ1) is 4.97. The highest BCUT2D eigenvalue weighted by molar-refractivity contribution is 5.54. The monoisotopic (exact) mass is 134 g/mol. The van der Waals surface area contributed by atoms with Crippen molar-refractivity contribution in [1.29, 1.82) is 0 Å². The molecule has 0 saturated carbocycles. The van der Waals surface area contributed by atoms with Crippen LogP contribution in [0.4, 0.5) is 0 Å². The van der Waals surface area contributed by atoms with E-state index in [0.717, 1.165) is 11.3 Å². The number of nitrogens with zero attached hydrogens (tertiary/aromatic N) is 2. The summed E-state index contributed by atoms with van der Waals surface area (Å²) in [6.07, 6.45) is 5.87. The molecule has 2 rings (SSSR count). The first-order valence-corrected chi connectivity index (χ1v) is 2.79. The fourth-order valence-corrected chi connectivity index (χ4v) is 0.709. The summed E-state index contributed by atoms with van der Waals surface area (Å²) in [5, 5.41) is 10.0. The molecule has 0 saturated heterocycles. The Balaban J connectivity index is 2.48. The molecule has 0 aliphatic carbocycles. The molecule has 2 aromatic rings. The number of aromatic amines is 1. The predicted molar refractivity (Wildman–Crippen MR) is 32.9 cm³/mol. The van der Waals surface area contributed by atoms with E-state index in [4.69, 9.17) is 0 Å². The Labute approximate surface area is 56.9 Å². The Kier molecular flexibility index (Phi) is 1.04. The van der Waals surface area contributed by atoms with Gasteiger partial charge in [0.25, 0.3) is 0 Å². The highest BCUT2D eigenvalue weighted by Gasteiger charge is 2.00. The summed E-state index contributed by atoms with van der Waals surface area (Å²) < 4.78 is 4.58. The molecule has 1 N–H and O–H groups in total. The van der Waals surface area contributed by atoms with E-state index in [-0.39, 0.29) is 0 Å². The van der Waals surface area contributed by atoms with Gasteiger partial charge in [0.2, 0.25) is 0 Å². The molecule has 0 amide bonds. The van der Waals surface area contributed by atoms with Crippen LogP contribution >= 0.6 is 0 Å². The molecule has 4 nitrogen and oxygen atoms in total. The molecule has 0 atom stereocenters. The van der Waals surface area contributed by atoms with Crippen LogP contribution in [0.2, 0.25) is 0 Å².